The van der Waals surface area contributed by atoms with Gasteiger partial charge in [0, 0.05) is 36.9 Å². The Bertz CT molecular complexity index is 1270. The van der Waals surface area contributed by atoms with Crippen LogP contribution >= 0.6 is 11.6 Å². The second-order valence-corrected chi connectivity index (χ2v) is 11.5. The molecule has 9 heteroatoms. The minimum atomic E-state index is -3.86. The lowest BCUT2D eigenvalue weighted by atomic mass is 10.2. The van der Waals surface area contributed by atoms with E-state index in [1.807, 2.05) is 30.3 Å². The summed E-state index contributed by atoms with van der Waals surface area (Å²) in [4.78, 5) is 2.09. The van der Waals surface area contributed by atoms with Crippen LogP contribution in [0.5, 0.6) is 0 Å². The van der Waals surface area contributed by atoms with Crippen molar-refractivity contribution in [3.63, 3.8) is 0 Å². The maximum atomic E-state index is 13.2. The van der Waals surface area contributed by atoms with E-state index in [-0.39, 0.29) is 14.7 Å². The molecule has 0 aliphatic carbocycles. The van der Waals surface area contributed by atoms with Gasteiger partial charge in [0.1, 0.15) is 0 Å². The Balaban J connectivity index is 1.56. The van der Waals surface area contributed by atoms with E-state index < -0.39 is 19.9 Å². The Labute approximate surface area is 187 Å². The SMILES string of the molecule is O=S(=O)(c1ccc(Cl)cc1)c1cccc(S(=O)(=O)N2CCN(c3ccccc3)CC2)c1. The van der Waals surface area contributed by atoms with Gasteiger partial charge >= 0.3 is 0 Å². The van der Waals surface area contributed by atoms with Crippen molar-refractivity contribution in [2.75, 3.05) is 31.1 Å². The molecule has 0 spiro atoms. The molecule has 162 valence electrons. The molecule has 3 aromatic rings. The lowest BCUT2D eigenvalue weighted by Crippen LogP contribution is -2.48. The monoisotopic (exact) mass is 476 g/mol. The average Bonchev–Trinajstić information content (AvgIpc) is 2.80. The highest BCUT2D eigenvalue weighted by Crippen LogP contribution is 2.26. The molecule has 1 saturated heterocycles. The summed E-state index contributed by atoms with van der Waals surface area (Å²) in [5, 5.41) is 0.421. The number of sulfonamides is 1. The quantitative estimate of drug-likeness (QED) is 0.561. The first-order valence-electron chi connectivity index (χ1n) is 9.69. The zero-order valence-corrected chi connectivity index (χ0v) is 18.9. The number of rotatable bonds is 5. The van der Waals surface area contributed by atoms with E-state index >= 15 is 0 Å². The fourth-order valence-electron chi connectivity index (χ4n) is 3.53. The van der Waals surface area contributed by atoms with E-state index in [0.29, 0.717) is 31.2 Å². The lowest BCUT2D eigenvalue weighted by Gasteiger charge is -2.35. The van der Waals surface area contributed by atoms with Gasteiger partial charge in [-0.1, -0.05) is 35.9 Å². The Kier molecular flexibility index (Phi) is 6.07. The smallest absolute Gasteiger partial charge is 0.243 e. The number of halogens is 1. The van der Waals surface area contributed by atoms with Gasteiger partial charge in [0.2, 0.25) is 19.9 Å². The van der Waals surface area contributed by atoms with Crippen molar-refractivity contribution >= 4 is 37.1 Å². The Morgan fingerprint density at radius 1 is 0.645 bits per heavy atom. The number of sulfone groups is 1. The van der Waals surface area contributed by atoms with E-state index in [2.05, 4.69) is 4.90 Å². The molecule has 1 aliphatic rings. The van der Waals surface area contributed by atoms with Crippen LogP contribution in [0.15, 0.2) is 93.5 Å². The Morgan fingerprint density at radius 2 is 1.26 bits per heavy atom. The fraction of sp³-hybridized carbons (Fsp3) is 0.182. The highest BCUT2D eigenvalue weighted by molar-refractivity contribution is 7.91. The van der Waals surface area contributed by atoms with E-state index in [1.165, 1.54) is 52.8 Å². The largest absolute Gasteiger partial charge is 0.369 e. The predicted octanol–water partition coefficient (Wildman–Crippen LogP) is 3.68. The minimum absolute atomic E-state index is 0.0318. The summed E-state index contributed by atoms with van der Waals surface area (Å²) >= 11 is 5.85. The number of piperazine rings is 1. The second-order valence-electron chi connectivity index (χ2n) is 7.16. The number of hydrogen-bond acceptors (Lipinski definition) is 5. The van der Waals surface area contributed by atoms with Gasteiger partial charge in [-0.15, -0.1) is 0 Å². The topological polar surface area (TPSA) is 74.8 Å². The molecule has 0 amide bonds. The average molecular weight is 477 g/mol. The van der Waals surface area contributed by atoms with Gasteiger partial charge in [0.25, 0.3) is 0 Å². The first-order chi connectivity index (χ1) is 14.8. The van der Waals surface area contributed by atoms with Gasteiger partial charge in [-0.2, -0.15) is 4.31 Å². The van der Waals surface area contributed by atoms with Crippen LogP contribution in [-0.2, 0) is 19.9 Å². The van der Waals surface area contributed by atoms with E-state index in [0.717, 1.165) is 5.69 Å². The summed E-state index contributed by atoms with van der Waals surface area (Å²) in [7, 11) is -7.68. The Hall–Kier alpha value is -2.39. The first kappa shape index (κ1) is 21.8. The van der Waals surface area contributed by atoms with Gasteiger partial charge in [0.05, 0.1) is 14.7 Å². The van der Waals surface area contributed by atoms with Crippen molar-refractivity contribution < 1.29 is 16.8 Å². The zero-order valence-electron chi connectivity index (χ0n) is 16.6. The molecule has 0 radical (unpaired) electrons. The van der Waals surface area contributed by atoms with Crippen LogP contribution in [0.4, 0.5) is 5.69 Å². The molecular formula is C22H21ClN2O4S2. The number of nitrogens with zero attached hydrogens (tertiary/aromatic N) is 2. The zero-order chi connectivity index (χ0) is 22.1. The molecule has 1 heterocycles. The number of anilines is 1. The molecule has 6 nitrogen and oxygen atoms in total. The first-order valence-corrected chi connectivity index (χ1v) is 13.0. The second kappa shape index (κ2) is 8.63. The third kappa shape index (κ3) is 4.48. The minimum Gasteiger partial charge on any atom is -0.369 e. The fourth-order valence-corrected chi connectivity index (χ4v) is 6.50. The van der Waals surface area contributed by atoms with E-state index in [1.54, 1.807) is 0 Å². The van der Waals surface area contributed by atoms with Crippen molar-refractivity contribution in [3.05, 3.63) is 83.9 Å². The molecule has 3 aromatic carbocycles. The van der Waals surface area contributed by atoms with Gasteiger partial charge in [-0.05, 0) is 54.6 Å². The highest BCUT2D eigenvalue weighted by atomic mass is 35.5. The maximum Gasteiger partial charge on any atom is 0.243 e. The van der Waals surface area contributed by atoms with Crippen LogP contribution in [-0.4, -0.2) is 47.3 Å². The van der Waals surface area contributed by atoms with Crippen LogP contribution in [0, 0.1) is 0 Å². The molecule has 0 atom stereocenters. The van der Waals surface area contributed by atoms with Gasteiger partial charge in [-0.25, -0.2) is 16.8 Å². The number of benzene rings is 3. The third-order valence-electron chi connectivity index (χ3n) is 5.24. The van der Waals surface area contributed by atoms with E-state index in [4.69, 9.17) is 11.6 Å². The molecule has 0 saturated carbocycles. The van der Waals surface area contributed by atoms with Crippen molar-refractivity contribution in [2.45, 2.75) is 14.7 Å². The molecule has 1 aliphatic heterocycles. The predicted molar refractivity (Wildman–Crippen MR) is 121 cm³/mol. The standard InChI is InChI=1S/C22H21ClN2O4S2/c23-18-9-11-20(12-10-18)30(26,27)21-7-4-8-22(17-21)31(28,29)25-15-13-24(14-16-25)19-5-2-1-3-6-19/h1-12,17H,13-16H2. The molecule has 0 bridgehead atoms. The molecule has 0 unspecified atom stereocenters. The van der Waals surface area contributed by atoms with Crippen molar-refractivity contribution in [1.82, 2.24) is 4.31 Å². The summed E-state index contributed by atoms with van der Waals surface area (Å²) < 4.78 is 53.7. The molecule has 4 rings (SSSR count). The molecular weight excluding hydrogens is 456 g/mol. The normalized spacial score (nSPS) is 15.7. The summed E-state index contributed by atoms with van der Waals surface area (Å²) in [6, 6.07) is 21.1. The summed E-state index contributed by atoms with van der Waals surface area (Å²) in [6.45, 7) is 1.77. The third-order valence-corrected chi connectivity index (χ3v) is 9.15. The van der Waals surface area contributed by atoms with Crippen LogP contribution in [0.25, 0.3) is 0 Å². The van der Waals surface area contributed by atoms with Gasteiger partial charge in [-0.3, -0.25) is 0 Å². The molecule has 31 heavy (non-hydrogen) atoms. The van der Waals surface area contributed by atoms with Gasteiger partial charge < -0.3 is 4.90 Å². The van der Waals surface area contributed by atoms with Crippen LogP contribution in [0.2, 0.25) is 5.02 Å². The molecule has 0 N–H and O–H groups in total. The summed E-state index contributed by atoms with van der Waals surface area (Å²) in [5.74, 6) is 0. The summed E-state index contributed by atoms with van der Waals surface area (Å²) in [5.41, 5.74) is 1.05. The Morgan fingerprint density at radius 3 is 1.90 bits per heavy atom. The van der Waals surface area contributed by atoms with Crippen molar-refractivity contribution in [3.8, 4) is 0 Å². The number of hydrogen-bond donors (Lipinski definition) is 0. The maximum absolute atomic E-state index is 13.2. The van der Waals surface area contributed by atoms with Gasteiger partial charge in [0.15, 0.2) is 0 Å². The van der Waals surface area contributed by atoms with Crippen LogP contribution in [0.3, 0.4) is 0 Å². The summed E-state index contributed by atoms with van der Waals surface area (Å²) in [6.07, 6.45) is 0. The van der Waals surface area contributed by atoms with Crippen LogP contribution < -0.4 is 4.90 Å². The lowest BCUT2D eigenvalue weighted by molar-refractivity contribution is 0.385. The van der Waals surface area contributed by atoms with Crippen molar-refractivity contribution in [2.24, 2.45) is 0 Å². The van der Waals surface area contributed by atoms with Crippen molar-refractivity contribution in [1.29, 1.82) is 0 Å². The number of para-hydroxylation sites is 1. The van der Waals surface area contributed by atoms with Crippen LogP contribution in [0.1, 0.15) is 0 Å². The highest BCUT2D eigenvalue weighted by Gasteiger charge is 2.30. The van der Waals surface area contributed by atoms with E-state index in [9.17, 15) is 16.8 Å². The molecule has 0 aromatic heterocycles. The molecule has 1 fully saturated rings.